The monoisotopic (exact) mass is 330 g/mol. The van der Waals surface area contributed by atoms with Crippen molar-refractivity contribution in [3.05, 3.63) is 23.2 Å². The number of aliphatic carboxylic acids is 1. The molecule has 0 saturated carbocycles. The van der Waals surface area contributed by atoms with Gasteiger partial charge < -0.3 is 25.2 Å². The molecule has 0 bridgehead atoms. The van der Waals surface area contributed by atoms with Crippen LogP contribution in [0.15, 0.2) is 18.2 Å². The Bertz CT molecular complexity index is 524. The van der Waals surface area contributed by atoms with Crippen molar-refractivity contribution in [2.75, 3.05) is 25.6 Å². The number of amides is 2. The lowest BCUT2D eigenvalue weighted by atomic mass is 10.3. The summed E-state index contributed by atoms with van der Waals surface area (Å²) < 4.78 is 10.7. The molecule has 0 fully saturated rings. The van der Waals surface area contributed by atoms with Crippen molar-refractivity contribution in [1.29, 1.82) is 0 Å². The fourth-order valence-corrected chi connectivity index (χ4v) is 1.81. The van der Waals surface area contributed by atoms with Crippen LogP contribution in [0, 0.1) is 0 Å². The maximum Gasteiger partial charge on any atom is 0.319 e. The molecule has 0 aliphatic rings. The first kappa shape index (κ1) is 18.1. The Balaban J connectivity index is 2.69. The Labute approximate surface area is 133 Å². The second kappa shape index (κ2) is 9.11. The molecule has 0 aliphatic carbocycles. The van der Waals surface area contributed by atoms with Gasteiger partial charge in [-0.2, -0.15) is 0 Å². The van der Waals surface area contributed by atoms with Crippen LogP contribution in [-0.2, 0) is 9.53 Å². The number of methoxy groups -OCH3 is 1. The first-order chi connectivity index (χ1) is 10.4. The number of carboxylic acids is 1. The van der Waals surface area contributed by atoms with Crippen LogP contribution in [0.25, 0.3) is 0 Å². The normalized spacial score (nSPS) is 11.6. The van der Waals surface area contributed by atoms with E-state index in [1.807, 2.05) is 6.92 Å². The van der Waals surface area contributed by atoms with Gasteiger partial charge in [0.25, 0.3) is 0 Å². The molecule has 1 atom stereocenters. The summed E-state index contributed by atoms with van der Waals surface area (Å²) in [6.07, 6.45) is -0.362. The number of anilines is 1. The van der Waals surface area contributed by atoms with E-state index in [2.05, 4.69) is 10.6 Å². The highest BCUT2D eigenvalue weighted by atomic mass is 35.5. The summed E-state index contributed by atoms with van der Waals surface area (Å²) in [5.74, 6) is -0.539. The maximum absolute atomic E-state index is 11.7. The van der Waals surface area contributed by atoms with Crippen molar-refractivity contribution in [2.24, 2.45) is 0 Å². The van der Waals surface area contributed by atoms with Crippen LogP contribution >= 0.6 is 11.6 Å². The van der Waals surface area contributed by atoms with Gasteiger partial charge in [0.15, 0.2) is 0 Å². The molecule has 22 heavy (non-hydrogen) atoms. The summed E-state index contributed by atoms with van der Waals surface area (Å²) in [5.41, 5.74) is 0.392. The minimum atomic E-state index is -0.986. The van der Waals surface area contributed by atoms with Crippen LogP contribution < -0.4 is 15.4 Å². The lowest BCUT2D eigenvalue weighted by Gasteiger charge is -2.17. The van der Waals surface area contributed by atoms with Crippen molar-refractivity contribution >= 4 is 29.3 Å². The Morgan fingerprint density at radius 3 is 2.77 bits per heavy atom. The van der Waals surface area contributed by atoms with E-state index in [4.69, 9.17) is 26.2 Å². The van der Waals surface area contributed by atoms with Gasteiger partial charge in [-0.25, -0.2) is 4.79 Å². The molecule has 1 aromatic carbocycles. The number of urea groups is 1. The standard InChI is InChI=1S/C14H19ClN2O5/c1-9(8-21-2)22-12-4-3-10(15)7-11(12)17-14(20)16-6-5-13(18)19/h3-4,7,9H,5-6,8H2,1-2H3,(H,18,19)(H2,16,17,20). The van der Waals surface area contributed by atoms with Gasteiger partial charge >= 0.3 is 12.0 Å². The second-order valence-electron chi connectivity index (χ2n) is 4.55. The van der Waals surface area contributed by atoms with E-state index in [0.717, 1.165) is 0 Å². The Morgan fingerprint density at radius 1 is 1.41 bits per heavy atom. The minimum Gasteiger partial charge on any atom is -0.486 e. The van der Waals surface area contributed by atoms with Crippen LogP contribution in [0.1, 0.15) is 13.3 Å². The Morgan fingerprint density at radius 2 is 2.14 bits per heavy atom. The fourth-order valence-electron chi connectivity index (χ4n) is 1.64. The van der Waals surface area contributed by atoms with Crippen molar-refractivity contribution in [1.82, 2.24) is 5.32 Å². The molecule has 0 aliphatic heterocycles. The van der Waals surface area contributed by atoms with Gasteiger partial charge in [-0.15, -0.1) is 0 Å². The highest BCUT2D eigenvalue weighted by molar-refractivity contribution is 6.31. The molecule has 122 valence electrons. The van der Waals surface area contributed by atoms with Gasteiger partial charge in [-0.05, 0) is 25.1 Å². The predicted molar refractivity (Wildman–Crippen MR) is 82.7 cm³/mol. The molecule has 0 aromatic heterocycles. The molecule has 7 nitrogen and oxygen atoms in total. The number of hydrogen-bond donors (Lipinski definition) is 3. The predicted octanol–water partition coefficient (Wildman–Crippen LogP) is 2.35. The van der Waals surface area contributed by atoms with E-state index < -0.39 is 12.0 Å². The molecule has 0 radical (unpaired) electrons. The van der Waals surface area contributed by atoms with E-state index >= 15 is 0 Å². The number of carbonyl (C=O) groups is 2. The van der Waals surface area contributed by atoms with Crippen LogP contribution in [-0.4, -0.2) is 43.5 Å². The molecule has 1 aromatic rings. The van der Waals surface area contributed by atoms with E-state index in [-0.39, 0.29) is 19.1 Å². The third-order valence-corrected chi connectivity index (χ3v) is 2.78. The first-order valence-electron chi connectivity index (χ1n) is 6.64. The SMILES string of the molecule is COCC(C)Oc1ccc(Cl)cc1NC(=O)NCCC(=O)O. The van der Waals surface area contributed by atoms with Gasteiger partial charge in [-0.1, -0.05) is 11.6 Å². The average Bonchev–Trinajstić information content (AvgIpc) is 2.41. The van der Waals surface area contributed by atoms with Gasteiger partial charge in [0.05, 0.1) is 18.7 Å². The van der Waals surface area contributed by atoms with Gasteiger partial charge in [-0.3, -0.25) is 4.79 Å². The molecule has 3 N–H and O–H groups in total. The number of nitrogens with one attached hydrogen (secondary N) is 2. The molecule has 8 heteroatoms. The lowest BCUT2D eigenvalue weighted by molar-refractivity contribution is -0.136. The number of rotatable bonds is 8. The highest BCUT2D eigenvalue weighted by Crippen LogP contribution is 2.28. The van der Waals surface area contributed by atoms with Crippen molar-refractivity contribution in [3.63, 3.8) is 0 Å². The van der Waals surface area contributed by atoms with Crippen molar-refractivity contribution in [2.45, 2.75) is 19.4 Å². The van der Waals surface area contributed by atoms with Crippen LogP contribution in [0.3, 0.4) is 0 Å². The summed E-state index contributed by atoms with van der Waals surface area (Å²) in [7, 11) is 1.57. The zero-order chi connectivity index (χ0) is 16.5. The third kappa shape index (κ3) is 6.64. The molecule has 0 heterocycles. The Hall–Kier alpha value is -1.99. The quantitative estimate of drug-likeness (QED) is 0.680. The van der Waals surface area contributed by atoms with E-state index in [1.54, 1.807) is 25.3 Å². The summed E-state index contributed by atoms with van der Waals surface area (Å²) in [6.45, 7) is 2.25. The van der Waals surface area contributed by atoms with Crippen LogP contribution in [0.4, 0.5) is 10.5 Å². The molecule has 0 spiro atoms. The number of carbonyl (C=O) groups excluding carboxylic acids is 1. The van der Waals surface area contributed by atoms with E-state index in [9.17, 15) is 9.59 Å². The third-order valence-electron chi connectivity index (χ3n) is 2.54. The smallest absolute Gasteiger partial charge is 0.319 e. The average molecular weight is 331 g/mol. The lowest BCUT2D eigenvalue weighted by Crippen LogP contribution is -2.31. The van der Waals surface area contributed by atoms with Crippen molar-refractivity contribution < 1.29 is 24.2 Å². The molecule has 1 unspecified atom stereocenters. The minimum absolute atomic E-state index is 0.0258. The second-order valence-corrected chi connectivity index (χ2v) is 4.99. The molecular weight excluding hydrogens is 312 g/mol. The fraction of sp³-hybridized carbons (Fsp3) is 0.429. The first-order valence-corrected chi connectivity index (χ1v) is 7.02. The number of benzene rings is 1. The number of hydrogen-bond acceptors (Lipinski definition) is 4. The number of carboxylic acid groups (broad SMARTS) is 1. The zero-order valence-electron chi connectivity index (χ0n) is 12.4. The Kier molecular flexibility index (Phi) is 7.48. The number of ether oxygens (including phenoxy) is 2. The highest BCUT2D eigenvalue weighted by Gasteiger charge is 2.12. The topological polar surface area (TPSA) is 96.9 Å². The molecule has 0 saturated heterocycles. The summed E-state index contributed by atoms with van der Waals surface area (Å²) in [5, 5.41) is 14.0. The molecule has 1 rings (SSSR count). The summed E-state index contributed by atoms with van der Waals surface area (Å²) in [4.78, 5) is 22.1. The van der Waals surface area contributed by atoms with Crippen LogP contribution in [0.5, 0.6) is 5.75 Å². The van der Waals surface area contributed by atoms with E-state index in [0.29, 0.717) is 23.1 Å². The van der Waals surface area contributed by atoms with Crippen LogP contribution in [0.2, 0.25) is 5.02 Å². The van der Waals surface area contributed by atoms with Crippen molar-refractivity contribution in [3.8, 4) is 5.75 Å². The summed E-state index contributed by atoms with van der Waals surface area (Å²) >= 11 is 5.91. The van der Waals surface area contributed by atoms with Gasteiger partial charge in [0, 0.05) is 18.7 Å². The largest absolute Gasteiger partial charge is 0.486 e. The zero-order valence-corrected chi connectivity index (χ0v) is 13.1. The number of halogens is 1. The molecular formula is C14H19ClN2O5. The maximum atomic E-state index is 11.7. The van der Waals surface area contributed by atoms with Gasteiger partial charge in [0.2, 0.25) is 0 Å². The van der Waals surface area contributed by atoms with E-state index in [1.165, 1.54) is 0 Å². The summed E-state index contributed by atoms with van der Waals surface area (Å²) in [6, 6.07) is 4.30. The molecule has 2 amide bonds. The van der Waals surface area contributed by atoms with Gasteiger partial charge in [0.1, 0.15) is 11.9 Å².